The number of nitrogens with zero attached hydrogens (tertiary/aromatic N) is 3. The van der Waals surface area contributed by atoms with Crippen molar-refractivity contribution in [2.75, 3.05) is 20.3 Å². The van der Waals surface area contributed by atoms with Gasteiger partial charge in [0.05, 0.1) is 17.6 Å². The molecule has 144 valence electrons. The van der Waals surface area contributed by atoms with Gasteiger partial charge < -0.3 is 15.2 Å². The summed E-state index contributed by atoms with van der Waals surface area (Å²) in [6.07, 6.45) is 4.91. The van der Waals surface area contributed by atoms with Crippen LogP contribution in [-0.4, -0.2) is 45.9 Å². The quantitative estimate of drug-likeness (QED) is 0.485. The van der Waals surface area contributed by atoms with Crippen LogP contribution in [0.25, 0.3) is 33.2 Å². The number of benzene rings is 1. The summed E-state index contributed by atoms with van der Waals surface area (Å²) >= 11 is 0. The van der Waals surface area contributed by atoms with Crippen LogP contribution in [0.3, 0.4) is 0 Å². The molecule has 7 nitrogen and oxygen atoms in total. The number of carbonyl (C=O) groups excluding carboxylic acids is 1. The third-order valence-corrected chi connectivity index (χ3v) is 4.79. The molecule has 7 heteroatoms. The van der Waals surface area contributed by atoms with E-state index in [9.17, 15) is 4.79 Å². The minimum absolute atomic E-state index is 0.0107. The molecule has 0 unspecified atom stereocenters. The fourth-order valence-corrected chi connectivity index (χ4v) is 3.42. The third-order valence-electron chi connectivity index (χ3n) is 4.79. The number of rotatable bonds is 7. The van der Waals surface area contributed by atoms with E-state index >= 15 is 0 Å². The number of methoxy groups -OCH3 is 1. The van der Waals surface area contributed by atoms with Gasteiger partial charge in [-0.3, -0.25) is 9.48 Å². The minimum Gasteiger partial charge on any atom is -0.385 e. The summed E-state index contributed by atoms with van der Waals surface area (Å²) in [5, 5.41) is 8.15. The normalized spacial score (nSPS) is 11.4. The van der Waals surface area contributed by atoms with Crippen molar-refractivity contribution >= 4 is 27.8 Å². The highest BCUT2D eigenvalue weighted by Gasteiger charge is 2.12. The fraction of sp³-hybridized carbons (Fsp3) is 0.286. The van der Waals surface area contributed by atoms with Crippen molar-refractivity contribution in [2.24, 2.45) is 7.05 Å². The Labute approximate surface area is 162 Å². The van der Waals surface area contributed by atoms with E-state index in [-0.39, 0.29) is 5.91 Å². The zero-order valence-corrected chi connectivity index (χ0v) is 16.0. The first-order valence-electron chi connectivity index (χ1n) is 9.30. The summed E-state index contributed by atoms with van der Waals surface area (Å²) < 4.78 is 6.96. The number of hydrogen-bond donors (Lipinski definition) is 2. The number of amides is 1. The summed E-state index contributed by atoms with van der Waals surface area (Å²) in [5.74, 6) is 0.0107. The van der Waals surface area contributed by atoms with Crippen LogP contribution >= 0.6 is 0 Å². The predicted octanol–water partition coefficient (Wildman–Crippen LogP) is 2.81. The van der Waals surface area contributed by atoms with Crippen molar-refractivity contribution in [1.82, 2.24) is 25.1 Å². The highest BCUT2D eigenvalue weighted by atomic mass is 16.5. The number of fused-ring (bicyclic) bond motifs is 3. The molecule has 0 aliphatic heterocycles. The lowest BCUT2D eigenvalue weighted by molar-refractivity contribution is -0.120. The molecule has 28 heavy (non-hydrogen) atoms. The molecule has 0 saturated heterocycles. The Bertz CT molecular complexity index is 1130. The van der Waals surface area contributed by atoms with E-state index < -0.39 is 0 Å². The molecular formula is C21H23N5O2. The molecule has 0 aliphatic carbocycles. The third kappa shape index (κ3) is 3.61. The molecule has 3 heterocycles. The Hall–Kier alpha value is -3.19. The van der Waals surface area contributed by atoms with Gasteiger partial charge in [-0.1, -0.05) is 18.2 Å². The molecule has 1 aromatic carbocycles. The maximum absolute atomic E-state index is 12.1. The molecule has 0 radical (unpaired) electrons. The first kappa shape index (κ1) is 18.2. The molecule has 1 amide bonds. The van der Waals surface area contributed by atoms with E-state index in [1.165, 1.54) is 0 Å². The monoisotopic (exact) mass is 377 g/mol. The van der Waals surface area contributed by atoms with Crippen LogP contribution in [0, 0.1) is 0 Å². The number of H-pyrrole nitrogens is 1. The van der Waals surface area contributed by atoms with Crippen molar-refractivity contribution in [3.63, 3.8) is 0 Å². The van der Waals surface area contributed by atoms with Gasteiger partial charge in [0.1, 0.15) is 0 Å². The topological polar surface area (TPSA) is 84.8 Å². The lowest BCUT2D eigenvalue weighted by atomic mass is 10.1. The standard InChI is InChI=1S/C21H23N5O2/c1-26-20-16(13-24-26)12-23-21-17(20)11-18(25-21)15-6-3-5-14(9-15)10-19(27)22-7-4-8-28-2/h3,5-6,9,11-13,24H,4,7-8,10H2,1-2H3,(H,22,27). The van der Waals surface area contributed by atoms with Crippen LogP contribution in [0.15, 0.2) is 42.7 Å². The molecule has 2 N–H and O–H groups in total. The van der Waals surface area contributed by atoms with E-state index in [4.69, 9.17) is 9.72 Å². The number of ether oxygens (including phenoxy) is 1. The summed E-state index contributed by atoms with van der Waals surface area (Å²) in [6, 6.07) is 10.0. The zero-order chi connectivity index (χ0) is 19.5. The van der Waals surface area contributed by atoms with Crippen LogP contribution in [0.2, 0.25) is 0 Å². The van der Waals surface area contributed by atoms with Crippen LogP contribution in [0.4, 0.5) is 0 Å². The Morgan fingerprint density at radius 3 is 3.07 bits per heavy atom. The summed E-state index contributed by atoms with van der Waals surface area (Å²) in [4.78, 5) is 21.3. The van der Waals surface area contributed by atoms with E-state index in [0.29, 0.717) is 19.6 Å². The molecule has 3 aromatic heterocycles. The Balaban J connectivity index is 1.56. The average Bonchev–Trinajstić information content (AvgIpc) is 3.29. The van der Waals surface area contributed by atoms with Gasteiger partial charge in [-0.05, 0) is 24.1 Å². The lowest BCUT2D eigenvalue weighted by Gasteiger charge is -2.06. The molecule has 0 atom stereocenters. The van der Waals surface area contributed by atoms with Crippen molar-refractivity contribution in [1.29, 1.82) is 0 Å². The van der Waals surface area contributed by atoms with E-state index in [0.717, 1.165) is 45.2 Å². The SMILES string of the molecule is COCCCNC(=O)Cc1cccc(-c2cc3c(ncc4c[nH]n(C)c43)n2)c1. The molecule has 0 bridgehead atoms. The summed E-state index contributed by atoms with van der Waals surface area (Å²) in [6.45, 7) is 1.27. The molecular weight excluding hydrogens is 354 g/mol. The molecule has 0 fully saturated rings. The predicted molar refractivity (Wildman–Crippen MR) is 109 cm³/mol. The van der Waals surface area contributed by atoms with Crippen molar-refractivity contribution in [2.45, 2.75) is 12.8 Å². The van der Waals surface area contributed by atoms with Gasteiger partial charge in [-0.25, -0.2) is 9.97 Å². The lowest BCUT2D eigenvalue weighted by Crippen LogP contribution is -2.26. The Morgan fingerprint density at radius 2 is 2.21 bits per heavy atom. The fourth-order valence-electron chi connectivity index (χ4n) is 3.42. The number of aryl methyl sites for hydroxylation is 1. The molecule has 4 aromatic rings. The Morgan fingerprint density at radius 1 is 1.32 bits per heavy atom. The average molecular weight is 377 g/mol. The second-order valence-electron chi connectivity index (χ2n) is 6.85. The van der Waals surface area contributed by atoms with Gasteiger partial charge in [0.15, 0.2) is 5.65 Å². The van der Waals surface area contributed by atoms with Gasteiger partial charge in [0, 0.05) is 56.0 Å². The number of pyridine rings is 1. The number of nitrogens with one attached hydrogen (secondary N) is 2. The van der Waals surface area contributed by atoms with Crippen LogP contribution in [0.5, 0.6) is 0 Å². The van der Waals surface area contributed by atoms with E-state index in [2.05, 4.69) is 21.5 Å². The first-order valence-corrected chi connectivity index (χ1v) is 9.30. The highest BCUT2D eigenvalue weighted by Crippen LogP contribution is 2.28. The number of hydrogen-bond acceptors (Lipinski definition) is 4. The maximum atomic E-state index is 12.1. The van der Waals surface area contributed by atoms with E-state index in [1.54, 1.807) is 7.11 Å². The summed E-state index contributed by atoms with van der Waals surface area (Å²) in [5.41, 5.74) is 4.60. The van der Waals surface area contributed by atoms with Gasteiger partial charge in [-0.2, -0.15) is 0 Å². The maximum Gasteiger partial charge on any atom is 0.224 e. The van der Waals surface area contributed by atoms with E-state index in [1.807, 2.05) is 48.4 Å². The van der Waals surface area contributed by atoms with Crippen LogP contribution in [-0.2, 0) is 23.0 Å². The Kier molecular flexibility index (Phi) is 5.08. The van der Waals surface area contributed by atoms with Crippen molar-refractivity contribution in [3.05, 3.63) is 48.3 Å². The largest absolute Gasteiger partial charge is 0.385 e. The van der Waals surface area contributed by atoms with Gasteiger partial charge in [0.25, 0.3) is 0 Å². The second kappa shape index (κ2) is 7.82. The highest BCUT2D eigenvalue weighted by molar-refractivity contribution is 6.04. The van der Waals surface area contributed by atoms with Crippen molar-refractivity contribution in [3.8, 4) is 11.3 Å². The molecule has 0 aliphatic rings. The van der Waals surface area contributed by atoms with Gasteiger partial charge in [-0.15, -0.1) is 0 Å². The van der Waals surface area contributed by atoms with Crippen LogP contribution < -0.4 is 5.32 Å². The molecule has 4 rings (SSSR count). The minimum atomic E-state index is 0.0107. The molecule has 0 spiro atoms. The van der Waals surface area contributed by atoms with Crippen molar-refractivity contribution < 1.29 is 9.53 Å². The number of aromatic amines is 1. The second-order valence-corrected chi connectivity index (χ2v) is 6.85. The smallest absolute Gasteiger partial charge is 0.224 e. The number of carbonyl (C=O) groups is 1. The molecule has 0 saturated carbocycles. The van der Waals surface area contributed by atoms with Crippen LogP contribution in [0.1, 0.15) is 12.0 Å². The van der Waals surface area contributed by atoms with Gasteiger partial charge >= 0.3 is 0 Å². The number of aromatic nitrogens is 4. The van der Waals surface area contributed by atoms with Gasteiger partial charge in [0.2, 0.25) is 5.91 Å². The summed E-state index contributed by atoms with van der Waals surface area (Å²) in [7, 11) is 3.63. The zero-order valence-electron chi connectivity index (χ0n) is 16.0. The first-order chi connectivity index (χ1) is 13.7.